The maximum absolute atomic E-state index is 11.6. The topological polar surface area (TPSA) is 47.6 Å². The highest BCUT2D eigenvalue weighted by Gasteiger charge is 2.22. The lowest BCUT2D eigenvalue weighted by Gasteiger charge is -2.16. The number of hydrogen-bond acceptors (Lipinski definition) is 4. The Kier molecular flexibility index (Phi) is 5.73. The number of rotatable bonds is 6. The van der Waals surface area contributed by atoms with Crippen LogP contribution in [0.3, 0.4) is 0 Å². The first-order valence-corrected chi connectivity index (χ1v) is 5.93. The fraction of sp³-hybridized carbons (Fsp3) is 0.909. The van der Waals surface area contributed by atoms with Crippen molar-refractivity contribution in [1.29, 1.82) is 0 Å². The van der Waals surface area contributed by atoms with Gasteiger partial charge < -0.3 is 15.5 Å². The van der Waals surface area contributed by atoms with Crippen LogP contribution < -0.4 is 10.6 Å². The second-order valence-corrected chi connectivity index (χ2v) is 4.66. The van der Waals surface area contributed by atoms with Crippen LogP contribution in [0.2, 0.25) is 0 Å². The van der Waals surface area contributed by atoms with Crippen molar-refractivity contribution in [2.45, 2.75) is 12.5 Å². The summed E-state index contributed by atoms with van der Waals surface area (Å²) in [6.07, 6.45) is 1.14. The lowest BCUT2D eigenvalue weighted by molar-refractivity contribution is -0.122. The summed E-state index contributed by atoms with van der Waals surface area (Å²) in [5, 5.41) is 6.18. The van der Waals surface area contributed by atoms with Crippen molar-refractivity contribution in [2.24, 2.45) is 0 Å². The lowest BCUT2D eigenvalue weighted by atomic mass is 10.3. The van der Waals surface area contributed by atoms with Crippen LogP contribution in [-0.4, -0.2) is 75.6 Å². The molecular formula is C11H24N4O. The van der Waals surface area contributed by atoms with E-state index in [4.69, 9.17) is 0 Å². The largest absolute Gasteiger partial charge is 0.354 e. The van der Waals surface area contributed by atoms with Gasteiger partial charge in [0, 0.05) is 32.2 Å². The van der Waals surface area contributed by atoms with E-state index >= 15 is 0 Å². The molecule has 1 fully saturated rings. The monoisotopic (exact) mass is 228 g/mol. The molecule has 1 aliphatic heterocycles. The fourth-order valence-corrected chi connectivity index (χ4v) is 1.89. The summed E-state index contributed by atoms with van der Waals surface area (Å²) >= 11 is 0. The quantitative estimate of drug-likeness (QED) is 0.609. The van der Waals surface area contributed by atoms with Crippen molar-refractivity contribution in [3.05, 3.63) is 0 Å². The van der Waals surface area contributed by atoms with Crippen molar-refractivity contribution in [2.75, 3.05) is 53.9 Å². The number of carbonyl (C=O) groups excluding carboxylic acids is 1. The van der Waals surface area contributed by atoms with Gasteiger partial charge in [-0.15, -0.1) is 0 Å². The van der Waals surface area contributed by atoms with Gasteiger partial charge in [0.15, 0.2) is 0 Å². The molecule has 0 bridgehead atoms. The SMILES string of the molecule is CN[C@H]1CCN(CC(=O)NCCN(C)C)C1. The maximum Gasteiger partial charge on any atom is 0.234 e. The van der Waals surface area contributed by atoms with Crippen LogP contribution >= 0.6 is 0 Å². The van der Waals surface area contributed by atoms with E-state index in [2.05, 4.69) is 20.4 Å². The van der Waals surface area contributed by atoms with Crippen LogP contribution in [0, 0.1) is 0 Å². The third kappa shape index (κ3) is 4.92. The zero-order chi connectivity index (χ0) is 12.0. The minimum absolute atomic E-state index is 0.138. The Morgan fingerprint density at radius 3 is 2.81 bits per heavy atom. The molecular weight excluding hydrogens is 204 g/mol. The van der Waals surface area contributed by atoms with Crippen molar-refractivity contribution >= 4 is 5.91 Å². The molecule has 0 spiro atoms. The summed E-state index contributed by atoms with van der Waals surface area (Å²) in [6.45, 7) is 4.16. The molecule has 1 rings (SSSR count). The van der Waals surface area contributed by atoms with Crippen molar-refractivity contribution < 1.29 is 4.79 Å². The maximum atomic E-state index is 11.6. The highest BCUT2D eigenvalue weighted by molar-refractivity contribution is 5.78. The molecule has 5 nitrogen and oxygen atoms in total. The van der Waals surface area contributed by atoms with Crippen molar-refractivity contribution in [3.8, 4) is 0 Å². The van der Waals surface area contributed by atoms with Crippen LogP contribution in [-0.2, 0) is 4.79 Å². The molecule has 1 saturated heterocycles. The standard InChI is InChI=1S/C11H24N4O/c1-12-10-4-6-15(8-10)9-11(16)13-5-7-14(2)3/h10,12H,4-9H2,1-3H3,(H,13,16)/t10-/m0/s1. The highest BCUT2D eigenvalue weighted by Crippen LogP contribution is 2.07. The van der Waals surface area contributed by atoms with E-state index in [1.807, 2.05) is 21.1 Å². The lowest BCUT2D eigenvalue weighted by Crippen LogP contribution is -2.39. The number of likely N-dealkylation sites (N-methyl/N-ethyl adjacent to an activating group) is 2. The molecule has 16 heavy (non-hydrogen) atoms. The average molecular weight is 228 g/mol. The first kappa shape index (κ1) is 13.4. The number of likely N-dealkylation sites (tertiary alicyclic amines) is 1. The smallest absolute Gasteiger partial charge is 0.234 e. The summed E-state index contributed by atoms with van der Waals surface area (Å²) < 4.78 is 0. The second-order valence-electron chi connectivity index (χ2n) is 4.66. The van der Waals surface area contributed by atoms with E-state index in [0.29, 0.717) is 12.6 Å². The first-order chi connectivity index (χ1) is 7.61. The predicted molar refractivity (Wildman–Crippen MR) is 65.5 cm³/mol. The number of nitrogens with zero attached hydrogens (tertiary/aromatic N) is 2. The van der Waals surface area contributed by atoms with E-state index in [-0.39, 0.29) is 5.91 Å². The van der Waals surface area contributed by atoms with E-state index in [0.717, 1.165) is 32.6 Å². The molecule has 1 heterocycles. The molecule has 5 heteroatoms. The molecule has 0 aromatic carbocycles. The number of amides is 1. The molecule has 0 aliphatic carbocycles. The van der Waals surface area contributed by atoms with E-state index in [1.165, 1.54) is 0 Å². The normalized spacial score (nSPS) is 21.6. The van der Waals surface area contributed by atoms with Gasteiger partial charge in [-0.3, -0.25) is 9.69 Å². The van der Waals surface area contributed by atoms with Gasteiger partial charge in [-0.2, -0.15) is 0 Å². The van der Waals surface area contributed by atoms with Gasteiger partial charge in [-0.1, -0.05) is 0 Å². The third-order valence-corrected chi connectivity index (χ3v) is 2.93. The fourth-order valence-electron chi connectivity index (χ4n) is 1.89. The molecule has 0 aromatic rings. The Bertz CT molecular complexity index is 220. The Morgan fingerprint density at radius 1 is 1.50 bits per heavy atom. The zero-order valence-electron chi connectivity index (χ0n) is 10.6. The molecule has 0 saturated carbocycles. The van der Waals surface area contributed by atoms with E-state index in [1.54, 1.807) is 0 Å². The molecule has 1 aliphatic rings. The Balaban J connectivity index is 2.10. The van der Waals surface area contributed by atoms with Gasteiger partial charge in [0.1, 0.15) is 0 Å². The van der Waals surface area contributed by atoms with Gasteiger partial charge in [-0.25, -0.2) is 0 Å². The van der Waals surface area contributed by atoms with Gasteiger partial charge in [0.2, 0.25) is 5.91 Å². The van der Waals surface area contributed by atoms with Crippen LogP contribution in [0.5, 0.6) is 0 Å². The van der Waals surface area contributed by atoms with Crippen LogP contribution in [0.25, 0.3) is 0 Å². The summed E-state index contributed by atoms with van der Waals surface area (Å²) in [5.41, 5.74) is 0. The highest BCUT2D eigenvalue weighted by atomic mass is 16.2. The van der Waals surface area contributed by atoms with E-state index in [9.17, 15) is 4.79 Å². The van der Waals surface area contributed by atoms with Crippen LogP contribution in [0.1, 0.15) is 6.42 Å². The number of carbonyl (C=O) groups is 1. The Morgan fingerprint density at radius 2 is 2.25 bits per heavy atom. The van der Waals surface area contributed by atoms with Crippen molar-refractivity contribution in [1.82, 2.24) is 20.4 Å². The first-order valence-electron chi connectivity index (χ1n) is 5.93. The average Bonchev–Trinajstić information content (AvgIpc) is 2.65. The third-order valence-electron chi connectivity index (χ3n) is 2.93. The van der Waals surface area contributed by atoms with E-state index < -0.39 is 0 Å². The summed E-state index contributed by atoms with van der Waals surface area (Å²) in [6, 6.07) is 0.551. The molecule has 1 atom stereocenters. The molecule has 0 unspecified atom stereocenters. The number of hydrogen-bond donors (Lipinski definition) is 2. The van der Waals surface area contributed by atoms with Crippen LogP contribution in [0.4, 0.5) is 0 Å². The van der Waals surface area contributed by atoms with Gasteiger partial charge in [-0.05, 0) is 27.6 Å². The second kappa shape index (κ2) is 6.83. The molecule has 94 valence electrons. The Labute approximate surface area is 98.2 Å². The minimum atomic E-state index is 0.138. The summed E-state index contributed by atoms with van der Waals surface area (Å²) in [5.74, 6) is 0.138. The minimum Gasteiger partial charge on any atom is -0.354 e. The van der Waals surface area contributed by atoms with Gasteiger partial charge in [0.25, 0.3) is 0 Å². The Hall–Kier alpha value is -0.650. The predicted octanol–water partition coefficient (Wildman–Crippen LogP) is -1.04. The van der Waals surface area contributed by atoms with Gasteiger partial charge in [0.05, 0.1) is 6.54 Å². The molecule has 2 N–H and O–H groups in total. The van der Waals surface area contributed by atoms with Crippen LogP contribution in [0.15, 0.2) is 0 Å². The zero-order valence-corrected chi connectivity index (χ0v) is 10.6. The van der Waals surface area contributed by atoms with Gasteiger partial charge >= 0.3 is 0 Å². The molecule has 0 radical (unpaired) electrons. The van der Waals surface area contributed by atoms with Crippen molar-refractivity contribution in [3.63, 3.8) is 0 Å². The number of nitrogens with one attached hydrogen (secondary N) is 2. The summed E-state index contributed by atoms with van der Waals surface area (Å²) in [4.78, 5) is 15.8. The summed E-state index contributed by atoms with van der Waals surface area (Å²) in [7, 11) is 5.99. The molecule has 1 amide bonds. The molecule has 0 aromatic heterocycles.